The molecule has 1 aromatic heterocycles. The largest absolute Gasteiger partial charge is 0.342 e. The van der Waals surface area contributed by atoms with Crippen LogP contribution < -0.4 is 4.90 Å². The number of aryl methyl sites for hydroxylation is 1. The van der Waals surface area contributed by atoms with Gasteiger partial charge in [0.1, 0.15) is 5.82 Å². The summed E-state index contributed by atoms with van der Waals surface area (Å²) in [6, 6.07) is 4.27. The zero-order chi connectivity index (χ0) is 18.8. The van der Waals surface area contributed by atoms with E-state index in [0.29, 0.717) is 6.54 Å². The molecule has 0 bridgehead atoms. The number of anilines is 1. The van der Waals surface area contributed by atoms with Crippen LogP contribution in [-0.4, -0.2) is 40.8 Å². The molecule has 2 aliphatic carbocycles. The molecule has 0 N–H and O–H groups in total. The van der Waals surface area contributed by atoms with Gasteiger partial charge in [0, 0.05) is 31.2 Å². The number of carbonyl (C=O) groups is 2. The predicted octanol–water partition coefficient (Wildman–Crippen LogP) is 3.70. The maximum absolute atomic E-state index is 13.6. The molecule has 2 amide bonds. The zero-order valence-electron chi connectivity index (χ0n) is 16.4. The summed E-state index contributed by atoms with van der Waals surface area (Å²) in [5.74, 6) is 1.36. The lowest BCUT2D eigenvalue weighted by Gasteiger charge is -2.39. The van der Waals surface area contributed by atoms with Gasteiger partial charge in [0.2, 0.25) is 11.8 Å². The second kappa shape index (κ2) is 7.99. The fourth-order valence-electron chi connectivity index (χ4n) is 4.59. The maximum atomic E-state index is 13.6. The molecular formula is C22H31N3O2. The molecule has 0 unspecified atom stereocenters. The van der Waals surface area contributed by atoms with E-state index < -0.39 is 0 Å². The molecular weight excluding hydrogens is 338 g/mol. The van der Waals surface area contributed by atoms with E-state index in [1.165, 1.54) is 19.3 Å². The molecule has 0 spiro atoms. The van der Waals surface area contributed by atoms with Gasteiger partial charge in [0.05, 0.1) is 5.92 Å². The molecule has 4 rings (SSSR count). The van der Waals surface area contributed by atoms with Crippen molar-refractivity contribution in [3.8, 4) is 0 Å². The molecule has 1 saturated heterocycles. The van der Waals surface area contributed by atoms with Crippen LogP contribution >= 0.6 is 0 Å². The molecule has 1 atom stereocenters. The van der Waals surface area contributed by atoms with Gasteiger partial charge in [-0.2, -0.15) is 0 Å². The summed E-state index contributed by atoms with van der Waals surface area (Å²) in [5, 5.41) is 0. The standard InChI is InChI=1S/C22H31N3O2/c1-16-9-12-20(23-14-16)25(19-7-3-2-4-8-19)22(27)18-6-5-13-24(15-18)21(26)17-10-11-17/h9,12,14,17-19H,2-8,10-11,13,15H2,1H3/t18-/m0/s1. The van der Waals surface area contributed by atoms with Crippen LogP contribution in [0.3, 0.4) is 0 Å². The van der Waals surface area contributed by atoms with E-state index in [-0.39, 0.29) is 29.7 Å². The minimum absolute atomic E-state index is 0.0912. The first-order chi connectivity index (χ1) is 13.1. The molecule has 0 radical (unpaired) electrons. The second-order valence-electron chi connectivity index (χ2n) is 8.59. The molecule has 0 aromatic carbocycles. The van der Waals surface area contributed by atoms with Crippen molar-refractivity contribution in [2.45, 2.75) is 70.8 Å². The van der Waals surface area contributed by atoms with Gasteiger partial charge < -0.3 is 4.90 Å². The molecule has 3 aliphatic rings. The van der Waals surface area contributed by atoms with Crippen molar-refractivity contribution in [2.24, 2.45) is 11.8 Å². The molecule has 5 heteroatoms. The summed E-state index contributed by atoms with van der Waals surface area (Å²) in [6.07, 6.45) is 11.4. The Morgan fingerprint density at radius 1 is 1.00 bits per heavy atom. The molecule has 2 saturated carbocycles. The van der Waals surface area contributed by atoms with E-state index in [4.69, 9.17) is 0 Å². The van der Waals surface area contributed by atoms with Crippen LogP contribution in [0.4, 0.5) is 5.82 Å². The Hall–Kier alpha value is -1.91. The molecule has 146 valence electrons. The number of amides is 2. The third-order valence-corrected chi connectivity index (χ3v) is 6.33. The average Bonchev–Trinajstić information content (AvgIpc) is 3.55. The normalized spacial score (nSPS) is 23.9. The highest BCUT2D eigenvalue weighted by atomic mass is 16.2. The summed E-state index contributed by atoms with van der Waals surface area (Å²) in [5.41, 5.74) is 1.11. The van der Waals surface area contributed by atoms with E-state index in [1.807, 2.05) is 35.1 Å². The fraction of sp³-hybridized carbons (Fsp3) is 0.682. The lowest BCUT2D eigenvalue weighted by atomic mass is 9.91. The van der Waals surface area contributed by atoms with Crippen molar-refractivity contribution in [2.75, 3.05) is 18.0 Å². The molecule has 27 heavy (non-hydrogen) atoms. The van der Waals surface area contributed by atoms with E-state index >= 15 is 0 Å². The Kier molecular flexibility index (Phi) is 5.46. The number of nitrogens with zero attached hydrogens (tertiary/aromatic N) is 3. The molecule has 1 aromatic rings. The van der Waals surface area contributed by atoms with Crippen molar-refractivity contribution in [1.82, 2.24) is 9.88 Å². The fourth-order valence-corrected chi connectivity index (χ4v) is 4.59. The Labute approximate surface area is 162 Å². The Balaban J connectivity index is 1.53. The number of rotatable bonds is 4. The predicted molar refractivity (Wildman–Crippen MR) is 105 cm³/mol. The quantitative estimate of drug-likeness (QED) is 0.813. The Bertz CT molecular complexity index is 677. The zero-order valence-corrected chi connectivity index (χ0v) is 16.4. The van der Waals surface area contributed by atoms with Gasteiger partial charge in [0.25, 0.3) is 0 Å². The maximum Gasteiger partial charge on any atom is 0.233 e. The minimum Gasteiger partial charge on any atom is -0.342 e. The molecule has 2 heterocycles. The number of pyridine rings is 1. The van der Waals surface area contributed by atoms with Crippen molar-refractivity contribution in [3.63, 3.8) is 0 Å². The van der Waals surface area contributed by atoms with Gasteiger partial charge in [-0.3, -0.25) is 14.5 Å². The van der Waals surface area contributed by atoms with Crippen molar-refractivity contribution in [3.05, 3.63) is 23.9 Å². The van der Waals surface area contributed by atoms with E-state index in [0.717, 1.165) is 56.5 Å². The number of carbonyl (C=O) groups excluding carboxylic acids is 2. The SMILES string of the molecule is Cc1ccc(N(C(=O)[C@H]2CCCN(C(=O)C3CC3)C2)C2CCCCC2)nc1. The summed E-state index contributed by atoms with van der Waals surface area (Å²) in [4.78, 5) is 34.6. The lowest BCUT2D eigenvalue weighted by Crippen LogP contribution is -2.50. The van der Waals surface area contributed by atoms with Gasteiger partial charge in [-0.05, 0) is 57.1 Å². The third kappa shape index (κ3) is 4.17. The summed E-state index contributed by atoms with van der Waals surface area (Å²) < 4.78 is 0. The molecule has 5 nitrogen and oxygen atoms in total. The number of hydrogen-bond acceptors (Lipinski definition) is 3. The van der Waals surface area contributed by atoms with Crippen LogP contribution in [0, 0.1) is 18.8 Å². The highest BCUT2D eigenvalue weighted by Gasteiger charge is 2.39. The highest BCUT2D eigenvalue weighted by molar-refractivity contribution is 5.95. The monoisotopic (exact) mass is 369 g/mol. The van der Waals surface area contributed by atoms with Crippen molar-refractivity contribution < 1.29 is 9.59 Å². The number of hydrogen-bond donors (Lipinski definition) is 0. The van der Waals surface area contributed by atoms with Crippen LogP contribution in [-0.2, 0) is 9.59 Å². The van der Waals surface area contributed by atoms with Gasteiger partial charge >= 0.3 is 0 Å². The Morgan fingerprint density at radius 2 is 1.78 bits per heavy atom. The van der Waals surface area contributed by atoms with Crippen molar-refractivity contribution >= 4 is 17.6 Å². The summed E-state index contributed by atoms with van der Waals surface area (Å²) in [6.45, 7) is 3.42. The molecule has 3 fully saturated rings. The van der Waals surface area contributed by atoms with Crippen LogP contribution in [0.2, 0.25) is 0 Å². The van der Waals surface area contributed by atoms with Gasteiger partial charge in [-0.25, -0.2) is 4.98 Å². The number of piperidine rings is 1. The van der Waals surface area contributed by atoms with E-state index in [1.54, 1.807) is 0 Å². The van der Waals surface area contributed by atoms with Crippen LogP contribution in [0.15, 0.2) is 18.3 Å². The minimum atomic E-state index is -0.0912. The van der Waals surface area contributed by atoms with Gasteiger partial charge in [-0.15, -0.1) is 0 Å². The van der Waals surface area contributed by atoms with Gasteiger partial charge in [-0.1, -0.05) is 25.3 Å². The molecule has 1 aliphatic heterocycles. The second-order valence-corrected chi connectivity index (χ2v) is 8.59. The number of likely N-dealkylation sites (tertiary alicyclic amines) is 1. The lowest BCUT2D eigenvalue weighted by molar-refractivity contribution is -0.136. The summed E-state index contributed by atoms with van der Waals surface area (Å²) in [7, 11) is 0. The smallest absolute Gasteiger partial charge is 0.233 e. The van der Waals surface area contributed by atoms with E-state index in [9.17, 15) is 9.59 Å². The van der Waals surface area contributed by atoms with E-state index in [2.05, 4.69) is 4.98 Å². The van der Waals surface area contributed by atoms with Crippen molar-refractivity contribution in [1.29, 1.82) is 0 Å². The Morgan fingerprint density at radius 3 is 2.44 bits per heavy atom. The first kappa shape index (κ1) is 18.5. The summed E-state index contributed by atoms with van der Waals surface area (Å²) >= 11 is 0. The highest BCUT2D eigenvalue weighted by Crippen LogP contribution is 2.34. The topological polar surface area (TPSA) is 53.5 Å². The number of aromatic nitrogens is 1. The van der Waals surface area contributed by atoms with Gasteiger partial charge in [0.15, 0.2) is 0 Å². The van der Waals surface area contributed by atoms with Crippen LogP contribution in [0.25, 0.3) is 0 Å². The third-order valence-electron chi connectivity index (χ3n) is 6.33. The first-order valence-electron chi connectivity index (χ1n) is 10.7. The van der Waals surface area contributed by atoms with Crippen LogP contribution in [0.5, 0.6) is 0 Å². The first-order valence-corrected chi connectivity index (χ1v) is 10.7. The van der Waals surface area contributed by atoms with Crippen LogP contribution in [0.1, 0.15) is 63.4 Å². The average molecular weight is 370 g/mol.